The summed E-state index contributed by atoms with van der Waals surface area (Å²) in [7, 11) is 0. The summed E-state index contributed by atoms with van der Waals surface area (Å²) >= 11 is 0. The first-order valence-electron chi connectivity index (χ1n) is 9.21. The smallest absolute Gasteiger partial charge is 0.236 e. The van der Waals surface area contributed by atoms with E-state index < -0.39 is 0 Å². The number of likely N-dealkylation sites (tertiary alicyclic amines) is 2. The molecule has 25 heavy (non-hydrogen) atoms. The molecule has 1 amide bonds. The minimum Gasteiger partial charge on any atom is -0.391 e. The second kappa shape index (κ2) is 7.10. The Labute approximate surface area is 148 Å². The molecular formula is C20H25N3O2. The van der Waals surface area contributed by atoms with Crippen molar-refractivity contribution in [1.82, 2.24) is 14.8 Å². The van der Waals surface area contributed by atoms with Gasteiger partial charge in [-0.2, -0.15) is 0 Å². The molecule has 1 N–H and O–H groups in total. The van der Waals surface area contributed by atoms with Crippen molar-refractivity contribution in [3.05, 3.63) is 42.1 Å². The second-order valence-corrected chi connectivity index (χ2v) is 7.30. The highest BCUT2D eigenvalue weighted by atomic mass is 16.3. The van der Waals surface area contributed by atoms with Gasteiger partial charge in [-0.15, -0.1) is 0 Å². The van der Waals surface area contributed by atoms with Crippen LogP contribution >= 0.6 is 0 Å². The average Bonchev–Trinajstić information content (AvgIpc) is 3.26. The normalized spacial score (nSPS) is 24.3. The van der Waals surface area contributed by atoms with Gasteiger partial charge in [0.2, 0.25) is 5.91 Å². The van der Waals surface area contributed by atoms with Gasteiger partial charge in [0.15, 0.2) is 0 Å². The van der Waals surface area contributed by atoms with E-state index in [9.17, 15) is 9.90 Å². The maximum absolute atomic E-state index is 12.3. The molecule has 1 aromatic carbocycles. The van der Waals surface area contributed by atoms with Crippen LogP contribution in [0.2, 0.25) is 0 Å². The van der Waals surface area contributed by atoms with Crippen molar-refractivity contribution in [2.75, 3.05) is 32.7 Å². The number of benzene rings is 1. The van der Waals surface area contributed by atoms with Crippen LogP contribution in [0, 0.1) is 5.92 Å². The number of para-hydroxylation sites is 1. The van der Waals surface area contributed by atoms with Gasteiger partial charge >= 0.3 is 0 Å². The fourth-order valence-corrected chi connectivity index (χ4v) is 4.14. The molecule has 0 bridgehead atoms. The maximum Gasteiger partial charge on any atom is 0.236 e. The molecule has 0 saturated carbocycles. The lowest BCUT2D eigenvalue weighted by molar-refractivity contribution is -0.131. The van der Waals surface area contributed by atoms with Gasteiger partial charge in [0, 0.05) is 43.7 Å². The number of β-amino-alcohol motifs (C(OH)–C–C–N with tert-alkyl or cyclic N) is 1. The molecule has 2 aliphatic rings. The highest BCUT2D eigenvalue weighted by molar-refractivity contribution is 5.82. The summed E-state index contributed by atoms with van der Waals surface area (Å²) in [5.41, 5.74) is 2.22. The molecule has 3 heterocycles. The van der Waals surface area contributed by atoms with E-state index in [1.807, 2.05) is 35.4 Å². The molecule has 0 radical (unpaired) electrons. The van der Waals surface area contributed by atoms with Crippen molar-refractivity contribution in [3.63, 3.8) is 0 Å². The highest BCUT2D eigenvalue weighted by Crippen LogP contribution is 2.25. The first-order chi connectivity index (χ1) is 12.2. The van der Waals surface area contributed by atoms with Crippen molar-refractivity contribution >= 4 is 16.8 Å². The molecular weight excluding hydrogens is 314 g/mol. The van der Waals surface area contributed by atoms with E-state index in [1.54, 1.807) is 0 Å². The number of carbonyl (C=O) groups is 1. The Bertz CT molecular complexity index is 752. The lowest BCUT2D eigenvalue weighted by Gasteiger charge is -2.20. The zero-order valence-corrected chi connectivity index (χ0v) is 14.5. The van der Waals surface area contributed by atoms with E-state index in [1.165, 1.54) is 5.56 Å². The number of aromatic nitrogens is 1. The number of fused-ring (bicyclic) bond motifs is 1. The molecule has 2 aliphatic heterocycles. The molecule has 0 aliphatic carbocycles. The number of amides is 1. The Morgan fingerprint density at radius 1 is 1.16 bits per heavy atom. The molecule has 1 aromatic heterocycles. The van der Waals surface area contributed by atoms with Gasteiger partial charge in [0.25, 0.3) is 0 Å². The van der Waals surface area contributed by atoms with Crippen LogP contribution in [0.4, 0.5) is 0 Å². The Hall–Kier alpha value is -1.98. The molecule has 2 saturated heterocycles. The number of hydrogen-bond acceptors (Lipinski definition) is 4. The summed E-state index contributed by atoms with van der Waals surface area (Å²) in [6.45, 7) is 3.58. The van der Waals surface area contributed by atoms with Crippen LogP contribution in [0.25, 0.3) is 10.9 Å². The number of rotatable bonds is 4. The topological polar surface area (TPSA) is 56.7 Å². The Kier molecular flexibility index (Phi) is 4.68. The van der Waals surface area contributed by atoms with Crippen molar-refractivity contribution in [2.45, 2.75) is 25.4 Å². The minimum absolute atomic E-state index is 0.164. The Morgan fingerprint density at radius 2 is 1.96 bits per heavy atom. The zero-order valence-electron chi connectivity index (χ0n) is 14.5. The molecule has 2 fully saturated rings. The maximum atomic E-state index is 12.3. The first kappa shape index (κ1) is 16.5. The number of aliphatic hydroxyl groups excluding tert-OH is 1. The summed E-state index contributed by atoms with van der Waals surface area (Å²) in [5.74, 6) is 0.372. The quantitative estimate of drug-likeness (QED) is 0.921. The fraction of sp³-hybridized carbons (Fsp3) is 0.500. The number of aliphatic hydroxyl groups is 1. The lowest BCUT2D eigenvalue weighted by Crippen LogP contribution is -2.38. The van der Waals surface area contributed by atoms with Gasteiger partial charge in [-0.05, 0) is 37.0 Å². The van der Waals surface area contributed by atoms with E-state index in [2.05, 4.69) is 16.0 Å². The van der Waals surface area contributed by atoms with Crippen LogP contribution < -0.4 is 0 Å². The van der Waals surface area contributed by atoms with Crippen LogP contribution in [-0.2, 0) is 11.2 Å². The lowest BCUT2D eigenvalue weighted by atomic mass is 9.94. The predicted octanol–water partition coefficient (Wildman–Crippen LogP) is 1.69. The molecule has 2 atom stereocenters. The molecule has 132 valence electrons. The van der Waals surface area contributed by atoms with Gasteiger partial charge in [-0.1, -0.05) is 18.2 Å². The third-order valence-electron chi connectivity index (χ3n) is 5.52. The van der Waals surface area contributed by atoms with Crippen LogP contribution in [0.3, 0.4) is 0 Å². The largest absolute Gasteiger partial charge is 0.391 e. The molecule has 5 nitrogen and oxygen atoms in total. The summed E-state index contributed by atoms with van der Waals surface area (Å²) in [4.78, 5) is 20.8. The molecule has 4 rings (SSSR count). The standard InChI is InChI=1S/C20H25N3O2/c24-19-13-22(14-20(25)23-9-3-4-10-23)12-16(19)11-15-7-8-21-18-6-2-1-5-17(15)18/h1-2,5-8,16,19,24H,3-4,9-14H2. The molecule has 0 spiro atoms. The van der Waals surface area contributed by atoms with Gasteiger partial charge < -0.3 is 10.0 Å². The number of nitrogens with zero attached hydrogens (tertiary/aromatic N) is 3. The predicted molar refractivity (Wildman–Crippen MR) is 97.2 cm³/mol. The van der Waals surface area contributed by atoms with Crippen molar-refractivity contribution in [1.29, 1.82) is 0 Å². The van der Waals surface area contributed by atoms with E-state index in [0.717, 1.165) is 49.8 Å². The SMILES string of the molecule is O=C(CN1CC(O)C(Cc2ccnc3ccccc23)C1)N1CCCC1. The highest BCUT2D eigenvalue weighted by Gasteiger charge is 2.33. The van der Waals surface area contributed by atoms with E-state index in [0.29, 0.717) is 13.1 Å². The van der Waals surface area contributed by atoms with Crippen molar-refractivity contribution < 1.29 is 9.90 Å². The van der Waals surface area contributed by atoms with E-state index >= 15 is 0 Å². The van der Waals surface area contributed by atoms with Crippen LogP contribution in [0.15, 0.2) is 36.5 Å². The van der Waals surface area contributed by atoms with Gasteiger partial charge in [0.1, 0.15) is 0 Å². The number of carbonyl (C=O) groups excluding carboxylic acids is 1. The Morgan fingerprint density at radius 3 is 2.80 bits per heavy atom. The Balaban J connectivity index is 1.42. The van der Waals surface area contributed by atoms with Gasteiger partial charge in [-0.25, -0.2) is 0 Å². The van der Waals surface area contributed by atoms with Gasteiger partial charge in [-0.3, -0.25) is 14.7 Å². The van der Waals surface area contributed by atoms with Crippen LogP contribution in [0.1, 0.15) is 18.4 Å². The fourth-order valence-electron chi connectivity index (χ4n) is 4.14. The average molecular weight is 339 g/mol. The molecule has 2 aromatic rings. The number of pyridine rings is 1. The van der Waals surface area contributed by atoms with E-state index in [4.69, 9.17) is 0 Å². The van der Waals surface area contributed by atoms with Crippen LogP contribution in [0.5, 0.6) is 0 Å². The van der Waals surface area contributed by atoms with Gasteiger partial charge in [0.05, 0.1) is 18.2 Å². The van der Waals surface area contributed by atoms with Crippen molar-refractivity contribution in [3.8, 4) is 0 Å². The summed E-state index contributed by atoms with van der Waals surface area (Å²) in [6, 6.07) is 10.2. The molecule has 2 unspecified atom stereocenters. The third kappa shape index (κ3) is 3.53. The molecule has 5 heteroatoms. The monoisotopic (exact) mass is 339 g/mol. The second-order valence-electron chi connectivity index (χ2n) is 7.30. The summed E-state index contributed by atoms with van der Waals surface area (Å²) in [6.07, 6.45) is 4.52. The first-order valence-corrected chi connectivity index (χ1v) is 9.21. The van der Waals surface area contributed by atoms with Crippen molar-refractivity contribution in [2.24, 2.45) is 5.92 Å². The van der Waals surface area contributed by atoms with Crippen LogP contribution in [-0.4, -0.2) is 64.6 Å². The summed E-state index contributed by atoms with van der Waals surface area (Å²) in [5, 5.41) is 11.6. The number of hydrogen-bond donors (Lipinski definition) is 1. The minimum atomic E-state index is -0.377. The van der Waals surface area contributed by atoms with E-state index in [-0.39, 0.29) is 17.9 Å². The third-order valence-corrected chi connectivity index (χ3v) is 5.52. The zero-order chi connectivity index (χ0) is 17.2. The summed E-state index contributed by atoms with van der Waals surface area (Å²) < 4.78 is 0.